The lowest BCUT2D eigenvalue weighted by Crippen LogP contribution is -2.20. The summed E-state index contributed by atoms with van der Waals surface area (Å²) in [5.74, 6) is 0.596. The summed E-state index contributed by atoms with van der Waals surface area (Å²) in [5, 5.41) is 15.0. The largest absolute Gasteiger partial charge is 0.493 e. The summed E-state index contributed by atoms with van der Waals surface area (Å²) in [6.07, 6.45) is 1.29. The van der Waals surface area contributed by atoms with Crippen LogP contribution in [0.15, 0.2) is 76.3 Å². The molecule has 0 atom stereocenters. The van der Waals surface area contributed by atoms with E-state index in [0.717, 1.165) is 5.56 Å². The fraction of sp³-hybridized carbons (Fsp3) is 0.130. The molecule has 0 unspecified atom stereocenters. The van der Waals surface area contributed by atoms with Gasteiger partial charge >= 0.3 is 0 Å². The molecule has 32 heavy (non-hydrogen) atoms. The van der Waals surface area contributed by atoms with Crippen molar-refractivity contribution in [2.45, 2.75) is 13.0 Å². The topological polar surface area (TPSA) is 103 Å². The first-order chi connectivity index (χ1) is 15.5. The number of nitro benzene ring substituents is 1. The van der Waals surface area contributed by atoms with Gasteiger partial charge in [0.2, 0.25) is 5.91 Å². The third-order valence-electron chi connectivity index (χ3n) is 4.45. The highest BCUT2D eigenvalue weighted by Gasteiger charge is 2.15. The highest BCUT2D eigenvalue weighted by molar-refractivity contribution is 9.10. The Morgan fingerprint density at radius 1 is 1.12 bits per heavy atom. The average molecular weight is 498 g/mol. The molecule has 0 radical (unpaired) electrons. The first-order valence-electron chi connectivity index (χ1n) is 9.56. The third-order valence-corrected chi connectivity index (χ3v) is 5.14. The molecule has 0 saturated carbocycles. The molecule has 8 nitrogen and oxygen atoms in total. The van der Waals surface area contributed by atoms with Gasteiger partial charge in [-0.25, -0.2) is 5.43 Å². The number of nitro groups is 1. The fourth-order valence-electron chi connectivity index (χ4n) is 2.88. The van der Waals surface area contributed by atoms with Crippen molar-refractivity contribution >= 4 is 33.7 Å². The predicted octanol–water partition coefficient (Wildman–Crippen LogP) is 4.64. The van der Waals surface area contributed by atoms with Gasteiger partial charge in [-0.2, -0.15) is 5.10 Å². The quantitative estimate of drug-likeness (QED) is 0.263. The second-order valence-corrected chi connectivity index (χ2v) is 7.51. The minimum absolute atomic E-state index is 0.106. The van der Waals surface area contributed by atoms with E-state index >= 15 is 0 Å². The van der Waals surface area contributed by atoms with Crippen molar-refractivity contribution in [1.29, 1.82) is 0 Å². The van der Waals surface area contributed by atoms with Crippen LogP contribution in [0.4, 0.5) is 5.69 Å². The average Bonchev–Trinajstić information content (AvgIpc) is 2.79. The maximum absolute atomic E-state index is 12.2. The molecule has 3 aromatic carbocycles. The van der Waals surface area contributed by atoms with Crippen LogP contribution in [0.1, 0.15) is 16.7 Å². The van der Waals surface area contributed by atoms with E-state index in [1.165, 1.54) is 25.5 Å². The molecule has 3 rings (SSSR count). The molecule has 0 heterocycles. The summed E-state index contributed by atoms with van der Waals surface area (Å²) in [7, 11) is 1.54. The van der Waals surface area contributed by atoms with E-state index in [1.54, 1.807) is 24.3 Å². The van der Waals surface area contributed by atoms with E-state index in [0.29, 0.717) is 33.7 Å². The van der Waals surface area contributed by atoms with Gasteiger partial charge < -0.3 is 9.47 Å². The number of carbonyl (C=O) groups excluding carboxylic acids is 1. The van der Waals surface area contributed by atoms with Crippen LogP contribution in [0.2, 0.25) is 0 Å². The summed E-state index contributed by atoms with van der Waals surface area (Å²) in [6.45, 7) is 0.388. The summed E-state index contributed by atoms with van der Waals surface area (Å²) in [5.41, 5.74) is 4.27. The van der Waals surface area contributed by atoms with Crippen LogP contribution in [0.5, 0.6) is 11.5 Å². The number of halogens is 1. The van der Waals surface area contributed by atoms with Crippen molar-refractivity contribution in [3.05, 3.63) is 98.0 Å². The SMILES string of the molecule is COc1cc(/C=N/NC(=O)Cc2ccccc2[N+](=O)[O-])c(Br)cc1OCc1ccccc1. The van der Waals surface area contributed by atoms with Crippen molar-refractivity contribution in [3.63, 3.8) is 0 Å². The number of hydrazone groups is 1. The molecule has 0 spiro atoms. The molecule has 0 bridgehead atoms. The van der Waals surface area contributed by atoms with E-state index in [2.05, 4.69) is 26.5 Å². The van der Waals surface area contributed by atoms with Gasteiger partial charge in [0.15, 0.2) is 11.5 Å². The van der Waals surface area contributed by atoms with Crippen LogP contribution in [0.3, 0.4) is 0 Å². The van der Waals surface area contributed by atoms with Gasteiger partial charge in [0, 0.05) is 21.7 Å². The van der Waals surface area contributed by atoms with Gasteiger partial charge in [0.1, 0.15) is 6.61 Å². The molecule has 3 aromatic rings. The van der Waals surface area contributed by atoms with Crippen molar-refractivity contribution in [2.75, 3.05) is 7.11 Å². The van der Waals surface area contributed by atoms with Crippen molar-refractivity contribution in [2.24, 2.45) is 5.10 Å². The number of benzene rings is 3. The molecule has 0 aliphatic carbocycles. The van der Waals surface area contributed by atoms with Crippen LogP contribution in [0.25, 0.3) is 0 Å². The first kappa shape index (κ1) is 23.0. The lowest BCUT2D eigenvalue weighted by molar-refractivity contribution is -0.385. The van der Waals surface area contributed by atoms with E-state index in [1.807, 2.05) is 30.3 Å². The fourth-order valence-corrected chi connectivity index (χ4v) is 3.31. The molecule has 0 aromatic heterocycles. The van der Waals surface area contributed by atoms with Gasteiger partial charge in [-0.15, -0.1) is 0 Å². The number of nitrogens with one attached hydrogen (secondary N) is 1. The summed E-state index contributed by atoms with van der Waals surface area (Å²) in [4.78, 5) is 22.7. The summed E-state index contributed by atoms with van der Waals surface area (Å²) in [6, 6.07) is 19.3. The zero-order valence-electron chi connectivity index (χ0n) is 17.2. The molecule has 1 N–H and O–H groups in total. The Morgan fingerprint density at radius 3 is 2.56 bits per heavy atom. The van der Waals surface area contributed by atoms with Crippen molar-refractivity contribution < 1.29 is 19.2 Å². The Kier molecular flexibility index (Phi) is 7.93. The standard InChI is InChI=1S/C23H20BrN3O5/c1-31-21-11-18(19(24)13-22(21)32-15-16-7-3-2-4-8-16)14-25-26-23(28)12-17-9-5-6-10-20(17)27(29)30/h2-11,13-14H,12,15H2,1H3,(H,26,28)/b25-14+. The Bertz CT molecular complexity index is 1140. The van der Waals surface area contributed by atoms with Crippen molar-refractivity contribution in [3.8, 4) is 11.5 Å². The first-order valence-corrected chi connectivity index (χ1v) is 10.4. The minimum atomic E-state index is -0.517. The van der Waals surface area contributed by atoms with Crippen molar-refractivity contribution in [1.82, 2.24) is 5.43 Å². The maximum Gasteiger partial charge on any atom is 0.273 e. The Morgan fingerprint density at radius 2 is 1.84 bits per heavy atom. The Hall–Kier alpha value is -3.72. The van der Waals surface area contributed by atoms with E-state index < -0.39 is 10.8 Å². The molecule has 9 heteroatoms. The number of methoxy groups -OCH3 is 1. The van der Waals surface area contributed by atoms with Crippen LogP contribution in [-0.2, 0) is 17.8 Å². The second-order valence-electron chi connectivity index (χ2n) is 6.65. The molecule has 1 amide bonds. The number of para-hydroxylation sites is 1. The number of hydrogen-bond acceptors (Lipinski definition) is 6. The van der Waals surface area contributed by atoms with Gasteiger partial charge in [-0.1, -0.05) is 48.5 Å². The number of rotatable bonds is 9. The highest BCUT2D eigenvalue weighted by Crippen LogP contribution is 2.33. The summed E-state index contributed by atoms with van der Waals surface area (Å²) < 4.78 is 12.0. The van der Waals surface area contributed by atoms with Crippen LogP contribution in [0, 0.1) is 10.1 Å². The van der Waals surface area contributed by atoms with Gasteiger partial charge in [0.05, 0.1) is 24.7 Å². The van der Waals surface area contributed by atoms with Crippen LogP contribution < -0.4 is 14.9 Å². The molecule has 0 aliphatic heterocycles. The zero-order valence-corrected chi connectivity index (χ0v) is 18.7. The normalized spacial score (nSPS) is 10.7. The van der Waals surface area contributed by atoms with Crippen LogP contribution >= 0.6 is 15.9 Å². The van der Waals surface area contributed by atoms with Gasteiger partial charge in [-0.05, 0) is 33.6 Å². The lowest BCUT2D eigenvalue weighted by Gasteiger charge is -2.12. The predicted molar refractivity (Wildman–Crippen MR) is 124 cm³/mol. The molecule has 164 valence electrons. The monoisotopic (exact) mass is 497 g/mol. The molecule has 0 aliphatic rings. The maximum atomic E-state index is 12.2. The lowest BCUT2D eigenvalue weighted by atomic mass is 10.1. The smallest absolute Gasteiger partial charge is 0.273 e. The van der Waals surface area contributed by atoms with E-state index in [-0.39, 0.29) is 12.1 Å². The number of carbonyl (C=O) groups is 1. The number of ether oxygens (including phenoxy) is 2. The molecule has 0 saturated heterocycles. The molecular weight excluding hydrogens is 478 g/mol. The molecule has 0 fully saturated rings. The summed E-state index contributed by atoms with van der Waals surface area (Å²) >= 11 is 3.47. The van der Waals surface area contributed by atoms with Gasteiger partial charge in [-0.3, -0.25) is 14.9 Å². The van der Waals surface area contributed by atoms with Gasteiger partial charge in [0.25, 0.3) is 5.69 Å². The zero-order chi connectivity index (χ0) is 22.9. The Labute approximate surface area is 193 Å². The van der Waals surface area contributed by atoms with E-state index in [9.17, 15) is 14.9 Å². The highest BCUT2D eigenvalue weighted by atomic mass is 79.9. The Balaban J connectivity index is 1.65. The number of hydrogen-bond donors (Lipinski definition) is 1. The third kappa shape index (κ3) is 6.14. The molecular formula is C23H20BrN3O5. The number of amides is 1. The minimum Gasteiger partial charge on any atom is -0.493 e. The van der Waals surface area contributed by atoms with E-state index in [4.69, 9.17) is 9.47 Å². The second kappa shape index (κ2) is 11.1. The number of nitrogens with zero attached hydrogens (tertiary/aromatic N) is 2. The van der Waals surface area contributed by atoms with Crippen LogP contribution in [-0.4, -0.2) is 24.2 Å².